The van der Waals surface area contributed by atoms with Crippen molar-refractivity contribution in [2.75, 3.05) is 26.8 Å². The summed E-state index contributed by atoms with van der Waals surface area (Å²) in [5, 5.41) is 0. The predicted molar refractivity (Wildman–Crippen MR) is 63.3 cm³/mol. The number of methoxy groups -OCH3 is 1. The molecule has 1 fully saturated rings. The second-order valence-corrected chi connectivity index (χ2v) is 4.40. The van der Waals surface area contributed by atoms with Crippen LogP contribution in [0.3, 0.4) is 0 Å². The van der Waals surface area contributed by atoms with Crippen molar-refractivity contribution in [2.45, 2.75) is 12.4 Å². The summed E-state index contributed by atoms with van der Waals surface area (Å²) in [6.45, 7) is 3.33. The molecule has 16 heavy (non-hydrogen) atoms. The zero-order valence-electron chi connectivity index (χ0n) is 9.30. The quantitative estimate of drug-likeness (QED) is 0.722. The van der Waals surface area contributed by atoms with Crippen LogP contribution >= 0.6 is 9.24 Å². The largest absolute Gasteiger partial charge is 0.480 e. The second kappa shape index (κ2) is 5.53. The molecule has 0 N–H and O–H groups in total. The highest BCUT2D eigenvalue weighted by molar-refractivity contribution is 7.17. The van der Waals surface area contributed by atoms with Gasteiger partial charge in [0.2, 0.25) is 5.88 Å². The highest BCUT2D eigenvalue weighted by atomic mass is 31.0. The van der Waals surface area contributed by atoms with Crippen molar-refractivity contribution in [1.29, 1.82) is 0 Å². The van der Waals surface area contributed by atoms with E-state index in [1.807, 2.05) is 0 Å². The number of morpholine rings is 1. The van der Waals surface area contributed by atoms with Crippen molar-refractivity contribution in [3.63, 3.8) is 0 Å². The average molecular weight is 241 g/mol. The van der Waals surface area contributed by atoms with Crippen molar-refractivity contribution in [3.05, 3.63) is 18.1 Å². The molecule has 88 valence electrons. The van der Waals surface area contributed by atoms with Gasteiger partial charge in [-0.25, -0.2) is 4.98 Å². The van der Waals surface area contributed by atoms with Gasteiger partial charge in [-0.3, -0.25) is 9.88 Å². The van der Waals surface area contributed by atoms with E-state index in [-0.39, 0.29) is 5.85 Å². The smallest absolute Gasteiger partial charge is 0.236 e. The van der Waals surface area contributed by atoms with E-state index < -0.39 is 0 Å². The summed E-state index contributed by atoms with van der Waals surface area (Å²) in [4.78, 5) is 10.7. The van der Waals surface area contributed by atoms with Crippen molar-refractivity contribution in [3.8, 4) is 5.88 Å². The molecule has 0 aliphatic carbocycles. The van der Waals surface area contributed by atoms with Crippen LogP contribution in [-0.4, -0.2) is 47.5 Å². The van der Waals surface area contributed by atoms with Gasteiger partial charge in [0, 0.05) is 32.0 Å². The van der Waals surface area contributed by atoms with E-state index >= 15 is 0 Å². The van der Waals surface area contributed by atoms with Gasteiger partial charge in [0.05, 0.1) is 19.6 Å². The van der Waals surface area contributed by atoms with E-state index in [9.17, 15) is 0 Å². The predicted octanol–water partition coefficient (Wildman–Crippen LogP) is 0.519. The summed E-state index contributed by atoms with van der Waals surface area (Å²) in [5.74, 6) is 0.811. The third-order valence-corrected chi connectivity index (χ3v) is 2.88. The van der Waals surface area contributed by atoms with E-state index in [1.165, 1.54) is 0 Å². The Morgan fingerprint density at radius 3 is 3.12 bits per heavy atom. The maximum Gasteiger partial charge on any atom is 0.236 e. The summed E-state index contributed by atoms with van der Waals surface area (Å²) in [7, 11) is 4.31. The Labute approximate surface area is 97.4 Å². The van der Waals surface area contributed by atoms with Crippen LogP contribution in [0.15, 0.2) is 12.4 Å². The summed E-state index contributed by atoms with van der Waals surface area (Å²) in [5.41, 5.74) is 0.879. The SMILES string of the molecule is COc1nccnc1CN1CCO[C@@H](P)C1. The Hall–Kier alpha value is -0.770. The topological polar surface area (TPSA) is 47.5 Å². The molecule has 0 bridgehead atoms. The fraction of sp³-hybridized carbons (Fsp3) is 0.600. The monoisotopic (exact) mass is 241 g/mol. The van der Waals surface area contributed by atoms with E-state index in [0.717, 1.165) is 31.9 Å². The molecule has 0 spiro atoms. The molecule has 0 saturated carbocycles. The molecule has 2 atom stereocenters. The summed E-state index contributed by atoms with van der Waals surface area (Å²) >= 11 is 0. The number of hydrogen-bond donors (Lipinski definition) is 0. The van der Waals surface area contributed by atoms with Gasteiger partial charge in [0.25, 0.3) is 0 Å². The van der Waals surface area contributed by atoms with Gasteiger partial charge in [-0.1, -0.05) is 0 Å². The standard InChI is InChI=1S/C10H16N3O2P/c1-14-10-8(11-2-3-12-10)6-13-4-5-15-9(16)7-13/h2-3,9H,4-7,16H2,1H3/t9-/m0/s1. The summed E-state index contributed by atoms with van der Waals surface area (Å²) in [6, 6.07) is 0. The Bertz CT molecular complexity index is 351. The lowest BCUT2D eigenvalue weighted by Crippen LogP contribution is -2.39. The molecule has 0 amide bonds. The van der Waals surface area contributed by atoms with Gasteiger partial charge in [-0.2, -0.15) is 0 Å². The van der Waals surface area contributed by atoms with Crippen molar-refractivity contribution in [2.24, 2.45) is 0 Å². The van der Waals surface area contributed by atoms with Crippen LogP contribution in [0.5, 0.6) is 5.88 Å². The molecule has 1 aliphatic heterocycles. The van der Waals surface area contributed by atoms with Gasteiger partial charge >= 0.3 is 0 Å². The molecule has 6 heteroatoms. The lowest BCUT2D eigenvalue weighted by Gasteiger charge is -2.30. The molecule has 1 aromatic rings. The fourth-order valence-electron chi connectivity index (χ4n) is 1.72. The van der Waals surface area contributed by atoms with Crippen molar-refractivity contribution >= 4 is 9.24 Å². The van der Waals surface area contributed by atoms with Crippen LogP contribution in [0.25, 0.3) is 0 Å². The Kier molecular flexibility index (Phi) is 4.04. The first-order valence-corrected chi connectivity index (χ1v) is 5.89. The minimum atomic E-state index is 0.205. The molecule has 1 aromatic heterocycles. The molecule has 2 heterocycles. The van der Waals surface area contributed by atoms with Crippen LogP contribution in [0.1, 0.15) is 5.69 Å². The number of rotatable bonds is 3. The molecule has 5 nitrogen and oxygen atoms in total. The van der Waals surface area contributed by atoms with E-state index in [2.05, 4.69) is 24.1 Å². The Balaban J connectivity index is 2.02. The summed E-state index contributed by atoms with van der Waals surface area (Å²) < 4.78 is 10.6. The minimum Gasteiger partial charge on any atom is -0.480 e. The highest BCUT2D eigenvalue weighted by Crippen LogP contribution is 2.17. The minimum absolute atomic E-state index is 0.205. The van der Waals surface area contributed by atoms with Crippen molar-refractivity contribution in [1.82, 2.24) is 14.9 Å². The molecule has 2 rings (SSSR count). The number of nitrogens with zero attached hydrogens (tertiary/aromatic N) is 3. The van der Waals surface area contributed by atoms with Crippen LogP contribution in [0, 0.1) is 0 Å². The zero-order valence-corrected chi connectivity index (χ0v) is 10.5. The number of ether oxygens (including phenoxy) is 2. The van der Waals surface area contributed by atoms with E-state index in [1.54, 1.807) is 19.5 Å². The molecule has 1 aliphatic rings. The van der Waals surface area contributed by atoms with E-state index in [0.29, 0.717) is 5.88 Å². The fourth-order valence-corrected chi connectivity index (χ4v) is 2.15. The zero-order chi connectivity index (χ0) is 11.4. The van der Waals surface area contributed by atoms with Crippen LogP contribution in [0.4, 0.5) is 0 Å². The lowest BCUT2D eigenvalue weighted by atomic mass is 10.3. The maximum atomic E-state index is 5.46. The molecule has 0 radical (unpaired) electrons. The first-order chi connectivity index (χ1) is 7.79. The van der Waals surface area contributed by atoms with Crippen molar-refractivity contribution < 1.29 is 9.47 Å². The van der Waals surface area contributed by atoms with Crippen LogP contribution < -0.4 is 4.74 Å². The maximum absolute atomic E-state index is 5.46. The molecule has 1 unspecified atom stereocenters. The Morgan fingerprint density at radius 2 is 2.38 bits per heavy atom. The van der Waals surface area contributed by atoms with Crippen LogP contribution in [-0.2, 0) is 11.3 Å². The van der Waals surface area contributed by atoms with Gasteiger partial charge in [0.15, 0.2) is 0 Å². The second-order valence-electron chi connectivity index (χ2n) is 3.66. The van der Waals surface area contributed by atoms with Gasteiger partial charge in [-0.15, -0.1) is 9.24 Å². The molecule has 1 saturated heterocycles. The molecular weight excluding hydrogens is 225 g/mol. The normalized spacial score (nSPS) is 22.0. The first kappa shape index (κ1) is 11.7. The third kappa shape index (κ3) is 2.88. The van der Waals surface area contributed by atoms with E-state index in [4.69, 9.17) is 9.47 Å². The Morgan fingerprint density at radius 1 is 1.56 bits per heavy atom. The third-order valence-electron chi connectivity index (χ3n) is 2.48. The van der Waals surface area contributed by atoms with Gasteiger partial charge in [0.1, 0.15) is 5.69 Å². The lowest BCUT2D eigenvalue weighted by molar-refractivity contribution is 0.0133. The highest BCUT2D eigenvalue weighted by Gasteiger charge is 2.18. The van der Waals surface area contributed by atoms with Gasteiger partial charge in [-0.05, 0) is 0 Å². The summed E-state index contributed by atoms with van der Waals surface area (Å²) in [6.07, 6.45) is 3.33. The molecular formula is C10H16N3O2P. The number of hydrogen-bond acceptors (Lipinski definition) is 5. The average Bonchev–Trinajstić information content (AvgIpc) is 2.30. The first-order valence-electron chi connectivity index (χ1n) is 5.23. The van der Waals surface area contributed by atoms with Gasteiger partial charge < -0.3 is 9.47 Å². The van der Waals surface area contributed by atoms with Crippen LogP contribution in [0.2, 0.25) is 0 Å². The molecule has 0 aromatic carbocycles. The number of aromatic nitrogens is 2.